The number of allylic oxidation sites excluding steroid dienone is 1. The van der Waals surface area contributed by atoms with Crippen molar-refractivity contribution in [1.82, 2.24) is 0 Å². The van der Waals surface area contributed by atoms with Crippen LogP contribution in [0.15, 0.2) is 78.6 Å². The van der Waals surface area contributed by atoms with E-state index in [0.29, 0.717) is 0 Å². The first-order valence-corrected chi connectivity index (χ1v) is 25.8. The Morgan fingerprint density at radius 2 is 1.32 bits per heavy atom. The molecule has 2 aliphatic rings. The Bertz CT molecular complexity index is 1320. The normalized spacial score (nSPS) is 17.6. The van der Waals surface area contributed by atoms with Crippen molar-refractivity contribution in [2.24, 2.45) is 0 Å². The summed E-state index contributed by atoms with van der Waals surface area (Å²) in [7, 11) is 14.3. The van der Waals surface area contributed by atoms with Gasteiger partial charge in [-0.15, -0.1) is 0 Å². The van der Waals surface area contributed by atoms with Crippen LogP contribution in [0, 0.1) is 0 Å². The van der Waals surface area contributed by atoms with Gasteiger partial charge in [0.2, 0.25) is 0 Å². The summed E-state index contributed by atoms with van der Waals surface area (Å²) < 4.78 is 14.3. The van der Waals surface area contributed by atoms with Crippen molar-refractivity contribution in [1.29, 1.82) is 0 Å². The van der Waals surface area contributed by atoms with Gasteiger partial charge < -0.3 is 0 Å². The Hall–Kier alpha value is -1.29. The van der Waals surface area contributed by atoms with Crippen molar-refractivity contribution < 1.29 is 25.1 Å². The summed E-state index contributed by atoms with van der Waals surface area (Å²) in [6.45, 7) is 8.74. The van der Waals surface area contributed by atoms with Gasteiger partial charge in [-0.1, -0.05) is 0 Å². The molecule has 3 aromatic rings. The first kappa shape index (κ1) is 24.4. The van der Waals surface area contributed by atoms with Gasteiger partial charge in [-0.3, -0.25) is 0 Å². The van der Waals surface area contributed by atoms with Gasteiger partial charge in [0.15, 0.2) is 0 Å². The molecular formula is C28H30Cl2O2SiZr. The predicted molar refractivity (Wildman–Crippen MR) is 145 cm³/mol. The van der Waals surface area contributed by atoms with E-state index in [-0.39, 0.29) is 14.0 Å². The molecule has 0 saturated heterocycles. The summed E-state index contributed by atoms with van der Waals surface area (Å²) in [4.78, 5) is 0. The molecule has 0 fully saturated rings. The first-order chi connectivity index (χ1) is 16.1. The van der Waals surface area contributed by atoms with Crippen LogP contribution >= 0.6 is 17.0 Å². The zero-order valence-electron chi connectivity index (χ0n) is 20.0. The summed E-state index contributed by atoms with van der Waals surface area (Å²) in [5.41, 5.74) is 7.18. The second-order valence-corrected chi connectivity index (χ2v) is 36.2. The number of hydrogen-bond acceptors (Lipinski definition) is 2. The van der Waals surface area contributed by atoms with Gasteiger partial charge in [0, 0.05) is 0 Å². The molecule has 3 aromatic carbocycles. The van der Waals surface area contributed by atoms with Crippen LogP contribution in [-0.2, 0) is 25.1 Å². The standard InChI is InChI=1S/C13H17O2Si.C13H9.C2H4.2ClH.Zr/c1-16(2,3)15-10-14-13-8-11-6-4-5-7-12(11)9-13;1-3-7-12-10(5-1)9-11-6-2-4-8-13(11)12;1-2;;;/h4-9H,10H2,1-3H3;1-9H;1H,2H3;2*1H;/q;;;;;+2/p-2. The van der Waals surface area contributed by atoms with Gasteiger partial charge in [0.25, 0.3) is 0 Å². The van der Waals surface area contributed by atoms with Crippen molar-refractivity contribution in [2.45, 2.75) is 33.8 Å². The molecule has 0 spiro atoms. The van der Waals surface area contributed by atoms with Crippen molar-refractivity contribution >= 4 is 35.1 Å². The number of rotatable bonds is 6. The van der Waals surface area contributed by atoms with Crippen LogP contribution in [0.1, 0.15) is 36.4 Å². The van der Waals surface area contributed by atoms with E-state index >= 15 is 0 Å². The van der Waals surface area contributed by atoms with Crippen LogP contribution < -0.4 is 0 Å². The second kappa shape index (κ2) is 8.68. The van der Waals surface area contributed by atoms with Gasteiger partial charge in [0.1, 0.15) is 0 Å². The topological polar surface area (TPSA) is 18.5 Å². The van der Waals surface area contributed by atoms with E-state index in [1.165, 1.54) is 22.3 Å². The molecule has 0 bridgehead atoms. The zero-order valence-corrected chi connectivity index (χ0v) is 25.0. The second-order valence-electron chi connectivity index (χ2n) is 10.2. The Morgan fingerprint density at radius 3 is 1.88 bits per heavy atom. The van der Waals surface area contributed by atoms with Crippen LogP contribution in [0.5, 0.6) is 0 Å². The molecule has 2 aliphatic carbocycles. The van der Waals surface area contributed by atoms with E-state index in [2.05, 4.69) is 102 Å². The van der Waals surface area contributed by atoms with E-state index in [4.69, 9.17) is 26.2 Å². The number of hydrogen-bond donors (Lipinski definition) is 0. The van der Waals surface area contributed by atoms with Crippen LogP contribution in [0.25, 0.3) is 17.2 Å². The van der Waals surface area contributed by atoms with Gasteiger partial charge >= 0.3 is 213 Å². The first-order valence-electron chi connectivity index (χ1n) is 11.8. The molecule has 1 atom stereocenters. The van der Waals surface area contributed by atoms with Crippen LogP contribution in [0.2, 0.25) is 19.6 Å². The van der Waals surface area contributed by atoms with Gasteiger partial charge in [-0.25, -0.2) is 0 Å². The fourth-order valence-corrected chi connectivity index (χ4v) is 21.8. The Labute approximate surface area is 211 Å². The SMILES string of the molecule is C[CH]=[Zr]([Cl])([Cl])([CH]1C(OCO[Si](C)(C)C)=Cc2ccccc21)[CH]1c2ccccc2-c2ccccc21. The zero-order chi connectivity index (χ0) is 24.2. The third-order valence-electron chi connectivity index (χ3n) is 7.10. The number of ether oxygens (including phenoxy) is 1. The van der Waals surface area contributed by atoms with E-state index < -0.39 is 24.2 Å². The fourth-order valence-electron chi connectivity index (χ4n) is 5.51. The summed E-state index contributed by atoms with van der Waals surface area (Å²) >= 11 is -4.89. The van der Waals surface area contributed by atoms with Crippen molar-refractivity contribution in [3.8, 4) is 11.1 Å². The molecule has 0 heterocycles. The van der Waals surface area contributed by atoms with Gasteiger partial charge in [-0.2, -0.15) is 0 Å². The van der Waals surface area contributed by atoms with E-state index in [1.54, 1.807) is 0 Å². The van der Waals surface area contributed by atoms with Crippen LogP contribution in [-0.4, -0.2) is 18.8 Å². The number of benzene rings is 3. The van der Waals surface area contributed by atoms with Crippen LogP contribution in [0.4, 0.5) is 0 Å². The summed E-state index contributed by atoms with van der Waals surface area (Å²) in [5, 5.41) is 0. The van der Waals surface area contributed by atoms with Crippen LogP contribution in [0.3, 0.4) is 0 Å². The van der Waals surface area contributed by atoms with E-state index in [1.807, 2.05) is 6.92 Å². The average Bonchev–Trinajstić information content (AvgIpc) is 3.35. The molecule has 0 saturated carbocycles. The molecular weight excluding hydrogens is 559 g/mol. The molecule has 0 N–H and O–H groups in total. The molecule has 0 aromatic heterocycles. The Kier molecular flexibility index (Phi) is 6.23. The summed E-state index contributed by atoms with van der Waals surface area (Å²) in [5.74, 6) is 0.829. The summed E-state index contributed by atoms with van der Waals surface area (Å²) in [6.07, 6.45) is 2.11. The number of fused-ring (bicyclic) bond motifs is 4. The molecule has 0 radical (unpaired) electrons. The molecule has 0 amide bonds. The quantitative estimate of drug-likeness (QED) is 0.212. The molecule has 5 rings (SSSR count). The molecule has 2 nitrogen and oxygen atoms in total. The van der Waals surface area contributed by atoms with Gasteiger partial charge in [-0.05, 0) is 0 Å². The molecule has 1 unspecified atom stereocenters. The predicted octanol–water partition coefficient (Wildman–Crippen LogP) is 8.50. The van der Waals surface area contributed by atoms with E-state index in [0.717, 1.165) is 16.9 Å². The minimum atomic E-state index is -4.89. The Balaban J connectivity index is 1.69. The van der Waals surface area contributed by atoms with Crippen molar-refractivity contribution in [2.75, 3.05) is 6.79 Å². The maximum absolute atomic E-state index is 8.01. The average molecular weight is 589 g/mol. The third-order valence-corrected chi connectivity index (χ3v) is 27.0. The van der Waals surface area contributed by atoms with E-state index in [9.17, 15) is 0 Å². The van der Waals surface area contributed by atoms with Crippen molar-refractivity contribution in [3.05, 3.63) is 101 Å². The Morgan fingerprint density at radius 1 is 0.794 bits per heavy atom. The monoisotopic (exact) mass is 586 g/mol. The van der Waals surface area contributed by atoms with Crippen molar-refractivity contribution in [3.63, 3.8) is 0 Å². The van der Waals surface area contributed by atoms with Gasteiger partial charge in [0.05, 0.1) is 0 Å². The minimum absolute atomic E-state index is 0.0664. The number of halogens is 2. The fraction of sp³-hybridized carbons (Fsp3) is 0.250. The molecule has 0 aliphatic heterocycles. The summed E-state index contributed by atoms with van der Waals surface area (Å²) in [6, 6.07) is 25.5. The third kappa shape index (κ3) is 3.96. The molecule has 176 valence electrons. The molecule has 6 heteroatoms. The molecule has 34 heavy (non-hydrogen) atoms. The maximum atomic E-state index is 8.01.